The van der Waals surface area contributed by atoms with Gasteiger partial charge in [-0.1, -0.05) is 140 Å². The highest BCUT2D eigenvalue weighted by Crippen LogP contribution is 2.40. The first-order valence-corrected chi connectivity index (χ1v) is 17.7. The number of hydrogen-bond acceptors (Lipinski definition) is 4. The minimum Gasteiger partial charge on any atom is -0.339 e. The number of benzene rings is 5. The van der Waals surface area contributed by atoms with Crippen LogP contribution in [0.5, 0.6) is 0 Å². The predicted molar refractivity (Wildman–Crippen MR) is 213 cm³/mol. The molecule has 1 N–H and O–H groups in total. The van der Waals surface area contributed by atoms with Gasteiger partial charge in [-0.3, -0.25) is 0 Å². The normalized spacial score (nSPS) is 13.1. The van der Waals surface area contributed by atoms with E-state index in [0.29, 0.717) is 5.82 Å². The summed E-state index contributed by atoms with van der Waals surface area (Å²) in [5.74, 6) is 1.73. The van der Waals surface area contributed by atoms with Gasteiger partial charge >= 0.3 is 0 Å². The monoisotopic (exact) mass is 653 g/mol. The van der Waals surface area contributed by atoms with E-state index in [-0.39, 0.29) is 5.92 Å². The van der Waals surface area contributed by atoms with E-state index < -0.39 is 0 Å². The van der Waals surface area contributed by atoms with Gasteiger partial charge in [-0.05, 0) is 66.8 Å². The molecule has 7 aromatic rings. The third-order valence-electron chi connectivity index (χ3n) is 8.82. The van der Waals surface area contributed by atoms with Crippen molar-refractivity contribution in [2.75, 3.05) is 5.32 Å². The van der Waals surface area contributed by atoms with Crippen molar-refractivity contribution >= 4 is 59.5 Å². The Hall–Kier alpha value is -5.58. The molecule has 0 aliphatic carbocycles. The predicted octanol–water partition coefficient (Wildman–Crippen LogP) is 12.8. The summed E-state index contributed by atoms with van der Waals surface area (Å²) in [6, 6.07) is 40.7. The zero-order valence-electron chi connectivity index (χ0n) is 28.1. The molecule has 0 spiro atoms. The van der Waals surface area contributed by atoms with E-state index in [4.69, 9.17) is 9.97 Å². The van der Waals surface area contributed by atoms with Crippen molar-refractivity contribution in [3.63, 3.8) is 0 Å². The lowest BCUT2D eigenvalue weighted by molar-refractivity contribution is 0.969. The maximum atomic E-state index is 5.31. The van der Waals surface area contributed by atoms with Crippen LogP contribution in [0.15, 0.2) is 158 Å². The summed E-state index contributed by atoms with van der Waals surface area (Å²) in [6.45, 7) is 6.32. The van der Waals surface area contributed by atoms with E-state index in [2.05, 4.69) is 171 Å². The average Bonchev–Trinajstić information content (AvgIpc) is 3.53. The topological polar surface area (TPSA) is 37.8 Å². The number of para-hydroxylation sites is 1. The molecule has 0 fully saturated rings. The van der Waals surface area contributed by atoms with Crippen LogP contribution in [0, 0.1) is 0 Å². The van der Waals surface area contributed by atoms with Crippen LogP contribution >= 0.6 is 11.3 Å². The fraction of sp³-hybridized carbons (Fsp3) is 0.111. The van der Waals surface area contributed by atoms with Gasteiger partial charge in [0.1, 0.15) is 5.82 Å². The Labute approximate surface area is 292 Å². The first-order valence-electron chi connectivity index (χ1n) is 16.9. The number of hydrogen-bond donors (Lipinski definition) is 1. The molecule has 0 amide bonds. The standard InChI is InChI=1S/C45H39N3S/c1-4-6-8-17-31(3)36-22-11-13-24-40(36)46-45-39-29-28-38-37-23-12-14-25-41(37)49-43(38)42(39)47-44(48-45)35-21-15-18-32(30-35)26-27-33(16-5-2)34-19-9-7-10-20-34/h4-25,27-31H,26H2,1-3H3,(H,46,47,48)/b6-4-,16-5-,17-8-,33-27+. The number of allylic oxidation sites excluding steroid dienone is 8. The second-order valence-electron chi connectivity index (χ2n) is 12.2. The molecular formula is C45H39N3S. The lowest BCUT2D eigenvalue weighted by Crippen LogP contribution is -2.03. The van der Waals surface area contributed by atoms with E-state index in [9.17, 15) is 0 Å². The van der Waals surface area contributed by atoms with Gasteiger partial charge in [0.25, 0.3) is 0 Å². The second-order valence-corrected chi connectivity index (χ2v) is 13.2. The molecule has 0 radical (unpaired) electrons. The number of anilines is 2. The number of thiophene rings is 1. The van der Waals surface area contributed by atoms with Crippen molar-refractivity contribution in [1.29, 1.82) is 0 Å². The van der Waals surface area contributed by atoms with Crippen molar-refractivity contribution in [1.82, 2.24) is 9.97 Å². The van der Waals surface area contributed by atoms with Gasteiger partial charge < -0.3 is 5.32 Å². The van der Waals surface area contributed by atoms with E-state index in [1.54, 1.807) is 11.3 Å². The highest BCUT2D eigenvalue weighted by atomic mass is 32.1. The molecular weight excluding hydrogens is 615 g/mol. The van der Waals surface area contributed by atoms with Gasteiger partial charge in [-0.25, -0.2) is 9.97 Å². The van der Waals surface area contributed by atoms with Gasteiger partial charge in [0.2, 0.25) is 0 Å². The molecule has 0 saturated heterocycles. The highest BCUT2D eigenvalue weighted by molar-refractivity contribution is 7.26. The maximum Gasteiger partial charge on any atom is 0.162 e. The molecule has 1 unspecified atom stereocenters. The van der Waals surface area contributed by atoms with Crippen molar-refractivity contribution in [2.45, 2.75) is 33.1 Å². The van der Waals surface area contributed by atoms with Crippen LogP contribution in [-0.4, -0.2) is 9.97 Å². The van der Waals surface area contributed by atoms with Gasteiger partial charge in [-0.15, -0.1) is 11.3 Å². The lowest BCUT2D eigenvalue weighted by Gasteiger charge is -2.17. The molecule has 1 atom stereocenters. The summed E-state index contributed by atoms with van der Waals surface area (Å²) in [5.41, 5.74) is 7.85. The molecule has 2 aromatic heterocycles. The van der Waals surface area contributed by atoms with Gasteiger partial charge in [0.05, 0.1) is 10.2 Å². The lowest BCUT2D eigenvalue weighted by atomic mass is 9.98. The molecule has 2 heterocycles. The number of nitrogens with zero attached hydrogens (tertiary/aromatic N) is 2. The summed E-state index contributed by atoms with van der Waals surface area (Å²) >= 11 is 1.80. The zero-order chi connectivity index (χ0) is 33.6. The third-order valence-corrected chi connectivity index (χ3v) is 10.0. The smallest absolute Gasteiger partial charge is 0.162 e. The first kappa shape index (κ1) is 32.0. The summed E-state index contributed by atoms with van der Waals surface area (Å²) in [4.78, 5) is 10.5. The van der Waals surface area contributed by atoms with Crippen LogP contribution < -0.4 is 5.32 Å². The molecule has 4 heteroatoms. The van der Waals surface area contributed by atoms with E-state index in [1.165, 1.54) is 42.4 Å². The summed E-state index contributed by atoms with van der Waals surface area (Å²) < 4.78 is 2.44. The summed E-state index contributed by atoms with van der Waals surface area (Å²) in [6.07, 6.45) is 15.8. The zero-order valence-corrected chi connectivity index (χ0v) is 28.9. The molecule has 0 saturated carbocycles. The fourth-order valence-corrected chi connectivity index (χ4v) is 7.53. The van der Waals surface area contributed by atoms with Crippen molar-refractivity contribution in [2.24, 2.45) is 0 Å². The van der Waals surface area contributed by atoms with E-state index >= 15 is 0 Å². The third kappa shape index (κ3) is 6.87. The van der Waals surface area contributed by atoms with Crippen LogP contribution in [-0.2, 0) is 6.42 Å². The maximum absolute atomic E-state index is 5.31. The molecule has 5 aromatic carbocycles. The average molecular weight is 654 g/mol. The molecule has 240 valence electrons. The highest BCUT2D eigenvalue weighted by Gasteiger charge is 2.17. The molecule has 0 aliphatic heterocycles. The van der Waals surface area contributed by atoms with E-state index in [1.807, 2.05) is 13.0 Å². The summed E-state index contributed by atoms with van der Waals surface area (Å²) in [5, 5.41) is 7.26. The minimum absolute atomic E-state index is 0.217. The molecule has 0 aliphatic rings. The molecule has 0 bridgehead atoms. The van der Waals surface area contributed by atoms with Gasteiger partial charge in [0, 0.05) is 38.0 Å². The Balaban J connectivity index is 1.35. The number of fused-ring (bicyclic) bond motifs is 5. The van der Waals surface area contributed by atoms with Gasteiger partial charge in [0.15, 0.2) is 5.82 Å². The molecule has 3 nitrogen and oxygen atoms in total. The SMILES string of the molecule is C/C=C\C=C/C(C)c1ccccc1Nc1nc(-c2cccc(C/C=C(\C=C/C)c3ccccc3)c2)nc2c1ccc1c3ccccc3sc12. The second kappa shape index (κ2) is 14.7. The Morgan fingerprint density at radius 2 is 1.55 bits per heavy atom. The quantitative estimate of drug-likeness (QED) is 0.149. The van der Waals surface area contributed by atoms with Crippen LogP contribution in [0.4, 0.5) is 11.5 Å². The minimum atomic E-state index is 0.217. The van der Waals surface area contributed by atoms with Crippen molar-refractivity contribution in [3.8, 4) is 11.4 Å². The van der Waals surface area contributed by atoms with Gasteiger partial charge in [-0.2, -0.15) is 0 Å². The van der Waals surface area contributed by atoms with Crippen LogP contribution in [0.3, 0.4) is 0 Å². The van der Waals surface area contributed by atoms with Crippen molar-refractivity contribution < 1.29 is 0 Å². The van der Waals surface area contributed by atoms with Crippen molar-refractivity contribution in [3.05, 3.63) is 174 Å². The largest absolute Gasteiger partial charge is 0.339 e. The Morgan fingerprint density at radius 3 is 2.41 bits per heavy atom. The molecule has 7 rings (SSSR count). The first-order chi connectivity index (χ1) is 24.1. The van der Waals surface area contributed by atoms with Crippen LogP contribution in [0.25, 0.3) is 48.0 Å². The summed E-state index contributed by atoms with van der Waals surface area (Å²) in [7, 11) is 0. The number of nitrogens with one attached hydrogen (secondary N) is 1. The Bertz CT molecular complexity index is 2380. The molecule has 49 heavy (non-hydrogen) atoms. The van der Waals surface area contributed by atoms with Crippen LogP contribution in [0.1, 0.15) is 43.4 Å². The fourth-order valence-electron chi connectivity index (χ4n) is 6.34. The number of rotatable bonds is 10. The number of aromatic nitrogens is 2. The van der Waals surface area contributed by atoms with E-state index in [0.717, 1.165) is 34.4 Å². The Morgan fingerprint density at radius 1 is 0.755 bits per heavy atom. The van der Waals surface area contributed by atoms with Crippen LogP contribution in [0.2, 0.25) is 0 Å². The Kier molecular flexibility index (Phi) is 9.58.